The van der Waals surface area contributed by atoms with Crippen molar-refractivity contribution in [2.75, 3.05) is 27.3 Å². The highest BCUT2D eigenvalue weighted by Gasteiger charge is 2.05. The molecule has 0 saturated carbocycles. The summed E-state index contributed by atoms with van der Waals surface area (Å²) in [6, 6.07) is 15.7. The van der Waals surface area contributed by atoms with Crippen molar-refractivity contribution in [2.45, 2.75) is 25.7 Å². The van der Waals surface area contributed by atoms with Crippen LogP contribution >= 0.6 is 0 Å². The summed E-state index contributed by atoms with van der Waals surface area (Å²) in [7, 11) is 3.19. The molecule has 2 N–H and O–H groups in total. The van der Waals surface area contributed by atoms with E-state index in [0.29, 0.717) is 31.0 Å². The minimum atomic E-state index is -0.0730. The maximum atomic E-state index is 11.9. The second-order valence-electron chi connectivity index (χ2n) is 6.75. The van der Waals surface area contributed by atoms with E-state index in [1.807, 2.05) is 48.5 Å². The minimum Gasteiger partial charge on any atom is -0.493 e. The van der Waals surface area contributed by atoms with Gasteiger partial charge in [0.1, 0.15) is 0 Å². The van der Waals surface area contributed by atoms with E-state index in [0.717, 1.165) is 12.0 Å². The molecule has 0 spiro atoms. The van der Waals surface area contributed by atoms with Gasteiger partial charge in [-0.3, -0.25) is 9.59 Å². The molecule has 6 nitrogen and oxygen atoms in total. The molecule has 0 unspecified atom stereocenters. The summed E-state index contributed by atoms with van der Waals surface area (Å²) < 4.78 is 10.5. The summed E-state index contributed by atoms with van der Waals surface area (Å²) >= 11 is 0. The van der Waals surface area contributed by atoms with Crippen LogP contribution in [0.3, 0.4) is 0 Å². The maximum absolute atomic E-state index is 11.9. The molecule has 30 heavy (non-hydrogen) atoms. The number of ether oxygens (including phenoxy) is 2. The third-order valence-corrected chi connectivity index (χ3v) is 4.54. The van der Waals surface area contributed by atoms with Crippen molar-refractivity contribution in [1.82, 2.24) is 10.6 Å². The van der Waals surface area contributed by atoms with Crippen molar-refractivity contribution in [1.29, 1.82) is 0 Å². The van der Waals surface area contributed by atoms with Crippen molar-refractivity contribution in [3.63, 3.8) is 0 Å². The Morgan fingerprint density at radius 1 is 0.767 bits per heavy atom. The number of hydrogen-bond donors (Lipinski definition) is 2. The second-order valence-corrected chi connectivity index (χ2v) is 6.75. The summed E-state index contributed by atoms with van der Waals surface area (Å²) in [5.74, 6) is 1.23. The molecule has 0 saturated heterocycles. The number of nitrogens with one attached hydrogen (secondary N) is 2. The number of amides is 2. The zero-order chi connectivity index (χ0) is 21.6. The van der Waals surface area contributed by atoms with Crippen LogP contribution in [0.4, 0.5) is 0 Å². The Labute approximate surface area is 178 Å². The lowest BCUT2D eigenvalue weighted by Crippen LogP contribution is -2.25. The first-order chi connectivity index (χ1) is 14.6. The maximum Gasteiger partial charge on any atom is 0.223 e. The molecule has 0 aliphatic carbocycles. The lowest BCUT2D eigenvalue weighted by atomic mass is 10.1. The summed E-state index contributed by atoms with van der Waals surface area (Å²) in [4.78, 5) is 23.7. The van der Waals surface area contributed by atoms with E-state index >= 15 is 0 Å². The van der Waals surface area contributed by atoms with Crippen LogP contribution < -0.4 is 20.1 Å². The largest absolute Gasteiger partial charge is 0.493 e. The predicted octanol–water partition coefficient (Wildman–Crippen LogP) is 3.06. The van der Waals surface area contributed by atoms with Crippen LogP contribution in [-0.2, 0) is 22.4 Å². The van der Waals surface area contributed by atoms with Crippen molar-refractivity contribution in [3.8, 4) is 11.5 Å². The van der Waals surface area contributed by atoms with E-state index in [-0.39, 0.29) is 24.7 Å². The fraction of sp³-hybridized carbons (Fsp3) is 0.333. The van der Waals surface area contributed by atoms with Crippen LogP contribution in [0, 0.1) is 0 Å². The number of methoxy groups -OCH3 is 2. The third-order valence-electron chi connectivity index (χ3n) is 4.54. The lowest BCUT2D eigenvalue weighted by molar-refractivity contribution is -0.121. The first-order valence-corrected chi connectivity index (χ1v) is 10.1. The molecule has 6 heteroatoms. The van der Waals surface area contributed by atoms with Gasteiger partial charge in [0.2, 0.25) is 11.8 Å². The van der Waals surface area contributed by atoms with Gasteiger partial charge in [-0.05, 0) is 36.1 Å². The minimum absolute atomic E-state index is 0.0453. The SMILES string of the molecule is COc1ccc(CCNC(=O)CC=CCC(=O)NCCc2ccccc2)cc1OC. The van der Waals surface area contributed by atoms with E-state index in [1.165, 1.54) is 5.56 Å². The highest BCUT2D eigenvalue weighted by atomic mass is 16.5. The van der Waals surface area contributed by atoms with Crippen molar-refractivity contribution >= 4 is 11.8 Å². The van der Waals surface area contributed by atoms with Gasteiger partial charge in [0.05, 0.1) is 14.2 Å². The quantitative estimate of drug-likeness (QED) is 0.527. The van der Waals surface area contributed by atoms with Gasteiger partial charge < -0.3 is 20.1 Å². The summed E-state index contributed by atoms with van der Waals surface area (Å²) in [6.45, 7) is 1.13. The third kappa shape index (κ3) is 8.39. The molecule has 0 radical (unpaired) electrons. The molecule has 160 valence electrons. The molecule has 0 aliphatic rings. The molecule has 2 aromatic rings. The van der Waals surface area contributed by atoms with Crippen LogP contribution in [0.25, 0.3) is 0 Å². The standard InChI is InChI=1S/C24H30N2O4/c1-29-21-13-12-20(18-22(21)30-2)15-17-26-24(28)11-7-6-10-23(27)25-16-14-19-8-4-3-5-9-19/h3-9,12-13,18H,10-11,14-17H2,1-2H3,(H,25,27)(H,26,28). The molecule has 0 bridgehead atoms. The number of rotatable bonds is 12. The van der Waals surface area contributed by atoms with E-state index < -0.39 is 0 Å². The van der Waals surface area contributed by atoms with Crippen LogP contribution in [0.5, 0.6) is 11.5 Å². The molecule has 2 amide bonds. The highest BCUT2D eigenvalue weighted by Crippen LogP contribution is 2.27. The van der Waals surface area contributed by atoms with Gasteiger partial charge in [-0.1, -0.05) is 48.6 Å². The van der Waals surface area contributed by atoms with Crippen molar-refractivity contribution in [2.24, 2.45) is 0 Å². The summed E-state index contributed by atoms with van der Waals surface area (Å²) in [5.41, 5.74) is 2.24. The molecule has 0 heterocycles. The van der Waals surface area contributed by atoms with Gasteiger partial charge in [-0.15, -0.1) is 0 Å². The second kappa shape index (κ2) is 13.0. The number of carbonyl (C=O) groups excluding carboxylic acids is 2. The van der Waals surface area contributed by atoms with Crippen LogP contribution in [-0.4, -0.2) is 39.1 Å². The van der Waals surface area contributed by atoms with Crippen molar-refractivity contribution in [3.05, 3.63) is 71.8 Å². The molecule has 0 aromatic heterocycles. The fourth-order valence-electron chi connectivity index (χ4n) is 2.90. The van der Waals surface area contributed by atoms with E-state index in [4.69, 9.17) is 9.47 Å². The van der Waals surface area contributed by atoms with Gasteiger partial charge in [0, 0.05) is 25.9 Å². The smallest absolute Gasteiger partial charge is 0.223 e. The first kappa shape index (κ1) is 23.0. The Kier molecular flexibility index (Phi) is 10.00. The number of hydrogen-bond acceptors (Lipinski definition) is 4. The Morgan fingerprint density at radius 2 is 1.33 bits per heavy atom. The average molecular weight is 411 g/mol. The molecule has 0 fully saturated rings. The average Bonchev–Trinajstić information content (AvgIpc) is 2.77. The summed E-state index contributed by atoms with van der Waals surface area (Å²) in [5, 5.41) is 5.75. The van der Waals surface area contributed by atoms with Gasteiger partial charge >= 0.3 is 0 Å². The van der Waals surface area contributed by atoms with Crippen LogP contribution in [0.1, 0.15) is 24.0 Å². The molecule has 2 aromatic carbocycles. The Morgan fingerprint density at radius 3 is 1.90 bits per heavy atom. The molecule has 2 rings (SSSR count). The predicted molar refractivity (Wildman–Crippen MR) is 118 cm³/mol. The molecule has 0 atom stereocenters. The molecular formula is C24H30N2O4. The lowest BCUT2D eigenvalue weighted by Gasteiger charge is -2.10. The van der Waals surface area contributed by atoms with Crippen LogP contribution in [0.2, 0.25) is 0 Å². The van der Waals surface area contributed by atoms with Crippen molar-refractivity contribution < 1.29 is 19.1 Å². The summed E-state index contributed by atoms with van der Waals surface area (Å²) in [6.07, 6.45) is 5.48. The highest BCUT2D eigenvalue weighted by molar-refractivity contribution is 5.79. The van der Waals surface area contributed by atoms with E-state index in [9.17, 15) is 9.59 Å². The zero-order valence-corrected chi connectivity index (χ0v) is 17.6. The van der Waals surface area contributed by atoms with E-state index in [2.05, 4.69) is 10.6 Å². The topological polar surface area (TPSA) is 76.7 Å². The Balaban J connectivity index is 1.59. The van der Waals surface area contributed by atoms with E-state index in [1.54, 1.807) is 26.4 Å². The van der Waals surface area contributed by atoms with Gasteiger partial charge in [-0.25, -0.2) is 0 Å². The van der Waals surface area contributed by atoms with Gasteiger partial charge in [0.15, 0.2) is 11.5 Å². The Bertz CT molecular complexity index is 834. The zero-order valence-electron chi connectivity index (χ0n) is 17.6. The van der Waals surface area contributed by atoms with Crippen LogP contribution in [0.15, 0.2) is 60.7 Å². The molecule has 0 aliphatic heterocycles. The number of benzene rings is 2. The van der Waals surface area contributed by atoms with Gasteiger partial charge in [-0.2, -0.15) is 0 Å². The fourth-order valence-corrected chi connectivity index (χ4v) is 2.90. The molecular weight excluding hydrogens is 380 g/mol. The van der Waals surface area contributed by atoms with Gasteiger partial charge in [0.25, 0.3) is 0 Å². The monoisotopic (exact) mass is 410 g/mol. The Hall–Kier alpha value is -3.28. The number of carbonyl (C=O) groups is 2. The first-order valence-electron chi connectivity index (χ1n) is 10.1. The normalized spacial score (nSPS) is 10.6.